The van der Waals surface area contributed by atoms with Crippen molar-refractivity contribution in [3.05, 3.63) is 42.4 Å². The predicted molar refractivity (Wildman–Crippen MR) is 65.7 cm³/mol. The highest BCUT2D eigenvalue weighted by molar-refractivity contribution is 5.97. The molecular formula is C13H11N3O. The molecule has 0 atom stereocenters. The molecule has 2 N–H and O–H groups in total. The zero-order valence-corrected chi connectivity index (χ0v) is 9.31. The Morgan fingerprint density at radius 3 is 2.82 bits per heavy atom. The summed E-state index contributed by atoms with van der Waals surface area (Å²) in [6.45, 7) is 1.97. The Morgan fingerprint density at radius 2 is 2.06 bits per heavy atom. The van der Waals surface area contributed by atoms with Crippen molar-refractivity contribution in [1.29, 1.82) is 0 Å². The van der Waals surface area contributed by atoms with E-state index in [2.05, 4.69) is 15.2 Å². The molecule has 0 aliphatic rings. The van der Waals surface area contributed by atoms with Crippen LogP contribution in [0.3, 0.4) is 0 Å². The molecule has 0 radical (unpaired) electrons. The highest BCUT2D eigenvalue weighted by Crippen LogP contribution is 2.32. The van der Waals surface area contributed by atoms with Gasteiger partial charge in [-0.3, -0.25) is 10.1 Å². The first-order chi connectivity index (χ1) is 8.27. The van der Waals surface area contributed by atoms with Crippen LogP contribution in [0.2, 0.25) is 0 Å². The van der Waals surface area contributed by atoms with Gasteiger partial charge >= 0.3 is 0 Å². The van der Waals surface area contributed by atoms with Gasteiger partial charge in [-0.25, -0.2) is 0 Å². The van der Waals surface area contributed by atoms with E-state index in [-0.39, 0.29) is 5.75 Å². The second kappa shape index (κ2) is 3.59. The number of phenolic OH excluding ortho intramolecular Hbond substituents is 1. The molecule has 4 nitrogen and oxygen atoms in total. The van der Waals surface area contributed by atoms with Crippen LogP contribution < -0.4 is 0 Å². The van der Waals surface area contributed by atoms with E-state index in [4.69, 9.17) is 0 Å². The molecule has 0 saturated heterocycles. The Hall–Kier alpha value is -2.36. The number of aryl methyl sites for hydroxylation is 1. The zero-order chi connectivity index (χ0) is 11.8. The van der Waals surface area contributed by atoms with Gasteiger partial charge in [-0.05, 0) is 24.6 Å². The van der Waals surface area contributed by atoms with Gasteiger partial charge in [0.1, 0.15) is 11.3 Å². The largest absolute Gasteiger partial charge is 0.506 e. The fourth-order valence-corrected chi connectivity index (χ4v) is 2.02. The molecule has 3 rings (SSSR count). The van der Waals surface area contributed by atoms with Gasteiger partial charge in [-0.1, -0.05) is 12.1 Å². The third-order valence-electron chi connectivity index (χ3n) is 2.87. The van der Waals surface area contributed by atoms with Gasteiger partial charge in [0.05, 0.1) is 6.20 Å². The van der Waals surface area contributed by atoms with Gasteiger partial charge in [0.15, 0.2) is 0 Å². The minimum Gasteiger partial charge on any atom is -0.506 e. The summed E-state index contributed by atoms with van der Waals surface area (Å²) in [4.78, 5) is 4.20. The molecular weight excluding hydrogens is 214 g/mol. The number of hydrogen-bond acceptors (Lipinski definition) is 3. The number of H-pyrrole nitrogens is 1. The van der Waals surface area contributed by atoms with E-state index in [1.807, 2.05) is 25.1 Å². The van der Waals surface area contributed by atoms with Gasteiger partial charge < -0.3 is 5.11 Å². The molecule has 0 saturated carbocycles. The van der Waals surface area contributed by atoms with Crippen molar-refractivity contribution in [1.82, 2.24) is 15.2 Å². The third-order valence-corrected chi connectivity index (χ3v) is 2.87. The van der Waals surface area contributed by atoms with E-state index in [0.717, 1.165) is 22.2 Å². The molecule has 0 spiro atoms. The Balaban J connectivity index is 2.38. The summed E-state index contributed by atoms with van der Waals surface area (Å²) in [6, 6.07) is 7.34. The molecule has 1 aromatic carbocycles. The minimum absolute atomic E-state index is 0.200. The highest BCUT2D eigenvalue weighted by atomic mass is 16.3. The lowest BCUT2D eigenvalue weighted by molar-refractivity contribution is 0.480. The summed E-state index contributed by atoms with van der Waals surface area (Å²) in [5.41, 5.74) is 3.67. The number of nitrogens with zero attached hydrogens (tertiary/aromatic N) is 2. The maximum Gasteiger partial charge on any atom is 0.141 e. The number of aromatic hydroxyl groups is 1. The number of hydrogen-bond donors (Lipinski definition) is 2. The van der Waals surface area contributed by atoms with Crippen LogP contribution in [0.4, 0.5) is 0 Å². The second-order valence-electron chi connectivity index (χ2n) is 3.94. The molecule has 0 aliphatic heterocycles. The van der Waals surface area contributed by atoms with E-state index >= 15 is 0 Å². The quantitative estimate of drug-likeness (QED) is 0.669. The van der Waals surface area contributed by atoms with Gasteiger partial charge in [0, 0.05) is 22.8 Å². The molecule has 0 amide bonds. The predicted octanol–water partition coefficient (Wildman–Crippen LogP) is 2.64. The normalized spacial score (nSPS) is 10.9. The molecule has 17 heavy (non-hydrogen) atoms. The molecule has 0 aliphatic carbocycles. The molecule has 2 aromatic heterocycles. The first-order valence-corrected chi connectivity index (χ1v) is 5.34. The van der Waals surface area contributed by atoms with Crippen LogP contribution >= 0.6 is 0 Å². The Labute approximate surface area is 97.9 Å². The number of rotatable bonds is 1. The van der Waals surface area contributed by atoms with Crippen molar-refractivity contribution < 1.29 is 5.11 Å². The van der Waals surface area contributed by atoms with Crippen molar-refractivity contribution in [2.75, 3.05) is 0 Å². The summed E-state index contributed by atoms with van der Waals surface area (Å²) < 4.78 is 0. The van der Waals surface area contributed by atoms with E-state index in [0.29, 0.717) is 5.52 Å². The topological polar surface area (TPSA) is 61.8 Å². The van der Waals surface area contributed by atoms with Crippen molar-refractivity contribution in [2.24, 2.45) is 0 Å². The smallest absolute Gasteiger partial charge is 0.141 e. The minimum atomic E-state index is 0.200. The number of para-hydroxylation sites is 1. The molecule has 3 aromatic rings. The molecule has 2 heterocycles. The summed E-state index contributed by atoms with van der Waals surface area (Å²) in [6.07, 6.45) is 3.48. The maximum absolute atomic E-state index is 9.78. The first-order valence-electron chi connectivity index (χ1n) is 5.34. The zero-order valence-electron chi connectivity index (χ0n) is 9.31. The Morgan fingerprint density at radius 1 is 1.18 bits per heavy atom. The molecule has 0 bridgehead atoms. The number of fused-ring (bicyclic) bond motifs is 1. The van der Waals surface area contributed by atoms with Crippen molar-refractivity contribution in [3.8, 4) is 16.9 Å². The Bertz CT molecular complexity index is 688. The number of aromatic nitrogens is 3. The summed E-state index contributed by atoms with van der Waals surface area (Å²) in [7, 11) is 0. The van der Waals surface area contributed by atoms with Gasteiger partial charge in [0.25, 0.3) is 0 Å². The third kappa shape index (κ3) is 1.45. The van der Waals surface area contributed by atoms with Gasteiger partial charge in [-0.2, -0.15) is 5.10 Å². The van der Waals surface area contributed by atoms with E-state index in [1.165, 1.54) is 0 Å². The maximum atomic E-state index is 9.78. The number of phenols is 1. The van der Waals surface area contributed by atoms with Crippen LogP contribution in [-0.4, -0.2) is 20.3 Å². The second-order valence-corrected chi connectivity index (χ2v) is 3.94. The average molecular weight is 225 g/mol. The lowest BCUT2D eigenvalue weighted by Crippen LogP contribution is -1.85. The first kappa shape index (κ1) is 9.84. The molecule has 0 unspecified atom stereocenters. The summed E-state index contributed by atoms with van der Waals surface area (Å²) in [5.74, 6) is 0.200. The molecule has 84 valence electrons. The van der Waals surface area contributed by atoms with Crippen molar-refractivity contribution in [2.45, 2.75) is 6.92 Å². The number of aromatic amines is 1. The van der Waals surface area contributed by atoms with Gasteiger partial charge in [0.2, 0.25) is 0 Å². The summed E-state index contributed by atoms with van der Waals surface area (Å²) in [5, 5.41) is 17.6. The average Bonchev–Trinajstić information content (AvgIpc) is 2.75. The number of benzene rings is 1. The number of nitrogens with one attached hydrogen (secondary N) is 1. The van der Waals surface area contributed by atoms with E-state index in [9.17, 15) is 5.11 Å². The monoisotopic (exact) mass is 225 g/mol. The lowest BCUT2D eigenvalue weighted by Gasteiger charge is -2.05. The fraction of sp³-hybridized carbons (Fsp3) is 0.0769. The van der Waals surface area contributed by atoms with Gasteiger partial charge in [-0.15, -0.1) is 0 Å². The van der Waals surface area contributed by atoms with Crippen LogP contribution in [0.15, 0.2) is 36.7 Å². The molecule has 4 heteroatoms. The summed E-state index contributed by atoms with van der Waals surface area (Å²) >= 11 is 0. The fourth-order valence-electron chi connectivity index (χ4n) is 2.02. The Kier molecular flexibility index (Phi) is 2.08. The SMILES string of the molecule is Cc1[nH]ncc1-c1ccnc2c(O)cccc12. The van der Waals surface area contributed by atoms with E-state index < -0.39 is 0 Å². The van der Waals surface area contributed by atoms with Crippen LogP contribution in [0.5, 0.6) is 5.75 Å². The van der Waals surface area contributed by atoms with Crippen LogP contribution in [-0.2, 0) is 0 Å². The van der Waals surface area contributed by atoms with Crippen LogP contribution in [0.1, 0.15) is 5.69 Å². The van der Waals surface area contributed by atoms with Crippen LogP contribution in [0.25, 0.3) is 22.0 Å². The highest BCUT2D eigenvalue weighted by Gasteiger charge is 2.10. The standard InChI is InChI=1S/C13H11N3O/c1-8-11(7-15-16-8)9-5-6-14-13-10(9)3-2-4-12(13)17/h2-7,17H,1H3,(H,15,16). The lowest BCUT2D eigenvalue weighted by atomic mass is 10.0. The van der Waals surface area contributed by atoms with E-state index in [1.54, 1.807) is 18.5 Å². The number of pyridine rings is 1. The van der Waals surface area contributed by atoms with Crippen molar-refractivity contribution >= 4 is 10.9 Å². The van der Waals surface area contributed by atoms with Crippen molar-refractivity contribution in [3.63, 3.8) is 0 Å². The van der Waals surface area contributed by atoms with Crippen LogP contribution in [0, 0.1) is 6.92 Å². The molecule has 0 fully saturated rings.